The lowest BCUT2D eigenvalue weighted by Gasteiger charge is -2.38. The Hall–Kier alpha value is -0.746. The Labute approximate surface area is 172 Å². The second-order valence-corrected chi connectivity index (χ2v) is 20.1. The molecular formula is C23H35BrSi2. The summed E-state index contributed by atoms with van der Waals surface area (Å²) in [5.74, 6) is 6.98. The van der Waals surface area contributed by atoms with E-state index in [-0.39, 0.29) is 0 Å². The van der Waals surface area contributed by atoms with E-state index in [4.69, 9.17) is 0 Å². The Morgan fingerprint density at radius 1 is 0.769 bits per heavy atom. The van der Waals surface area contributed by atoms with E-state index in [0.29, 0.717) is 16.6 Å². The van der Waals surface area contributed by atoms with Gasteiger partial charge >= 0.3 is 0 Å². The van der Waals surface area contributed by atoms with Crippen molar-refractivity contribution >= 4 is 32.1 Å². The predicted octanol–water partition coefficient (Wildman–Crippen LogP) is 7.38. The molecule has 0 aliphatic heterocycles. The third-order valence-corrected chi connectivity index (χ3v) is 12.8. The van der Waals surface area contributed by atoms with Gasteiger partial charge in [0.2, 0.25) is 0 Å². The van der Waals surface area contributed by atoms with Crippen molar-refractivity contribution in [2.45, 2.75) is 83.1 Å². The SMILES string of the molecule is CC(C)[Si](C#Cc1cc(C#C[Si](C)(C)C)cc(CBr)c1)(C(C)C)C(C)C. The van der Waals surface area contributed by atoms with Gasteiger partial charge < -0.3 is 0 Å². The van der Waals surface area contributed by atoms with Crippen molar-refractivity contribution in [1.82, 2.24) is 0 Å². The maximum atomic E-state index is 3.83. The molecule has 0 saturated heterocycles. The van der Waals surface area contributed by atoms with Crippen LogP contribution in [-0.4, -0.2) is 16.1 Å². The lowest BCUT2D eigenvalue weighted by Crippen LogP contribution is -2.43. The van der Waals surface area contributed by atoms with Gasteiger partial charge in [-0.1, -0.05) is 89.0 Å². The highest BCUT2D eigenvalue weighted by atomic mass is 79.9. The van der Waals surface area contributed by atoms with Crippen LogP contribution in [-0.2, 0) is 5.33 Å². The molecule has 0 heterocycles. The minimum atomic E-state index is -1.71. The predicted molar refractivity (Wildman–Crippen MR) is 127 cm³/mol. The van der Waals surface area contributed by atoms with Crippen molar-refractivity contribution in [3.05, 3.63) is 34.9 Å². The second kappa shape index (κ2) is 9.45. The first-order valence-corrected chi connectivity index (χ1v) is 16.5. The molecule has 0 nitrogen and oxygen atoms in total. The largest absolute Gasteiger partial charge is 0.146 e. The monoisotopic (exact) mass is 446 g/mol. The summed E-state index contributed by atoms with van der Waals surface area (Å²) in [6, 6.07) is 6.57. The molecule has 0 aromatic heterocycles. The molecule has 0 spiro atoms. The standard InChI is InChI=1S/C23H35BrSi2/c1-18(2)26(19(3)4,20(5)6)13-11-22-14-21(10-12-25(7,8)9)15-23(16-22)17-24/h14-16,18-20H,17H2,1-9H3. The van der Waals surface area contributed by atoms with Crippen molar-refractivity contribution in [2.75, 3.05) is 0 Å². The third-order valence-electron chi connectivity index (χ3n) is 5.02. The van der Waals surface area contributed by atoms with Crippen molar-refractivity contribution in [1.29, 1.82) is 0 Å². The normalized spacial score (nSPS) is 12.0. The molecule has 1 rings (SSSR count). The van der Waals surface area contributed by atoms with E-state index in [2.05, 4.69) is 118 Å². The highest BCUT2D eigenvalue weighted by Crippen LogP contribution is 2.40. The lowest BCUT2D eigenvalue weighted by atomic mass is 10.1. The van der Waals surface area contributed by atoms with Crippen molar-refractivity contribution < 1.29 is 0 Å². The van der Waals surface area contributed by atoms with Crippen LogP contribution in [0.25, 0.3) is 0 Å². The van der Waals surface area contributed by atoms with Gasteiger partial charge in [0.25, 0.3) is 0 Å². The summed E-state index contributed by atoms with van der Waals surface area (Å²) < 4.78 is 0. The molecule has 0 saturated carbocycles. The highest BCUT2D eigenvalue weighted by Gasteiger charge is 2.41. The van der Waals surface area contributed by atoms with E-state index in [1.54, 1.807) is 0 Å². The van der Waals surface area contributed by atoms with Crippen LogP contribution >= 0.6 is 15.9 Å². The molecule has 26 heavy (non-hydrogen) atoms. The summed E-state index contributed by atoms with van der Waals surface area (Å²) in [4.78, 5) is 0. The summed E-state index contributed by atoms with van der Waals surface area (Å²) in [7, 11) is -3.09. The van der Waals surface area contributed by atoms with E-state index >= 15 is 0 Å². The van der Waals surface area contributed by atoms with Crippen molar-refractivity contribution in [3.8, 4) is 22.9 Å². The number of hydrogen-bond acceptors (Lipinski definition) is 0. The number of halogens is 1. The molecular weight excluding hydrogens is 412 g/mol. The van der Waals surface area contributed by atoms with Crippen LogP contribution in [0.5, 0.6) is 0 Å². The molecule has 0 bridgehead atoms. The molecule has 0 radical (unpaired) electrons. The zero-order valence-electron chi connectivity index (χ0n) is 18.0. The van der Waals surface area contributed by atoms with Crippen LogP contribution in [0, 0.1) is 22.9 Å². The summed E-state index contributed by atoms with van der Waals surface area (Å²) >= 11 is 3.60. The average Bonchev–Trinajstić information content (AvgIpc) is 2.51. The number of alkyl halides is 1. The van der Waals surface area contributed by atoms with Crippen molar-refractivity contribution in [3.63, 3.8) is 0 Å². The lowest BCUT2D eigenvalue weighted by molar-refractivity contribution is 0.838. The molecule has 0 aliphatic rings. The fourth-order valence-corrected chi connectivity index (χ4v) is 9.86. The summed E-state index contributed by atoms with van der Waals surface area (Å²) in [6.07, 6.45) is 0. The minimum Gasteiger partial charge on any atom is -0.127 e. The van der Waals surface area contributed by atoms with Crippen LogP contribution in [0.4, 0.5) is 0 Å². The first-order valence-electron chi connectivity index (χ1n) is 9.68. The summed E-state index contributed by atoms with van der Waals surface area (Å²) in [6.45, 7) is 21.0. The van der Waals surface area contributed by atoms with E-state index in [9.17, 15) is 0 Å². The average molecular weight is 448 g/mol. The second-order valence-electron chi connectivity index (χ2n) is 9.20. The van der Waals surface area contributed by atoms with Gasteiger partial charge in [0.15, 0.2) is 0 Å². The molecule has 0 unspecified atom stereocenters. The van der Waals surface area contributed by atoms with Crippen molar-refractivity contribution in [2.24, 2.45) is 0 Å². The summed E-state index contributed by atoms with van der Waals surface area (Å²) in [5.41, 5.74) is 12.7. The Morgan fingerprint density at radius 3 is 1.54 bits per heavy atom. The Balaban J connectivity index is 3.44. The van der Waals surface area contributed by atoms with Gasteiger partial charge in [-0.2, -0.15) is 0 Å². The zero-order chi connectivity index (χ0) is 20.1. The Bertz CT molecular complexity index is 710. The topological polar surface area (TPSA) is 0 Å². The smallest absolute Gasteiger partial charge is 0.127 e. The molecule has 0 N–H and O–H groups in total. The fourth-order valence-electron chi connectivity index (χ4n) is 3.79. The third kappa shape index (κ3) is 6.16. The summed E-state index contributed by atoms with van der Waals surface area (Å²) in [5, 5.41) is 0.839. The zero-order valence-corrected chi connectivity index (χ0v) is 21.6. The minimum absolute atomic E-state index is 0.653. The van der Waals surface area contributed by atoms with Gasteiger partial charge in [-0.25, -0.2) is 0 Å². The molecule has 142 valence electrons. The first kappa shape index (κ1) is 23.3. The molecule has 0 aliphatic carbocycles. The molecule has 0 amide bonds. The van der Waals surface area contributed by atoms with Crippen LogP contribution in [0.1, 0.15) is 58.2 Å². The number of rotatable bonds is 4. The van der Waals surface area contributed by atoms with E-state index in [1.165, 1.54) is 5.56 Å². The van der Waals surface area contributed by atoms with E-state index < -0.39 is 16.1 Å². The fraction of sp³-hybridized carbons (Fsp3) is 0.565. The maximum absolute atomic E-state index is 3.83. The van der Waals surface area contributed by atoms with Gasteiger partial charge in [-0.3, -0.25) is 0 Å². The molecule has 0 fully saturated rings. The van der Waals surface area contributed by atoms with Gasteiger partial charge in [0.05, 0.1) is 0 Å². The quantitative estimate of drug-likeness (QED) is 0.257. The van der Waals surface area contributed by atoms with Crippen LogP contribution in [0.3, 0.4) is 0 Å². The van der Waals surface area contributed by atoms with Gasteiger partial charge in [-0.15, -0.1) is 11.1 Å². The van der Waals surface area contributed by atoms with Gasteiger partial charge in [-0.05, 0) is 40.4 Å². The Kier molecular flexibility index (Phi) is 8.47. The first-order chi connectivity index (χ1) is 11.9. The molecule has 1 aromatic carbocycles. The van der Waals surface area contributed by atoms with E-state index in [1.807, 2.05) is 0 Å². The molecule has 3 heteroatoms. The highest BCUT2D eigenvalue weighted by molar-refractivity contribution is 9.08. The van der Waals surface area contributed by atoms with Crippen LogP contribution in [0.15, 0.2) is 18.2 Å². The maximum Gasteiger partial charge on any atom is 0.146 e. The van der Waals surface area contributed by atoms with Gasteiger partial charge in [0, 0.05) is 16.5 Å². The van der Waals surface area contributed by atoms with Crippen LogP contribution in [0.2, 0.25) is 36.3 Å². The molecule has 1 aromatic rings. The number of hydrogen-bond donors (Lipinski definition) is 0. The van der Waals surface area contributed by atoms with E-state index in [0.717, 1.165) is 16.5 Å². The number of benzene rings is 1. The van der Waals surface area contributed by atoms with Gasteiger partial charge in [0.1, 0.15) is 16.1 Å². The molecule has 0 atom stereocenters. The Morgan fingerprint density at radius 2 is 1.19 bits per heavy atom. The van der Waals surface area contributed by atoms with Crippen LogP contribution < -0.4 is 0 Å².